The minimum Gasteiger partial charge on any atom is -0.480 e. The van der Waals surface area contributed by atoms with Gasteiger partial charge in [-0.15, -0.1) is 0 Å². The van der Waals surface area contributed by atoms with E-state index in [2.05, 4.69) is 15.3 Å². The first kappa shape index (κ1) is 20.1. The SMILES string of the molecule is COC(=O)c1ccccc1-c1ncc(OC)nc1Nc1ccc(C(F)(F)F)cc1. The van der Waals surface area contributed by atoms with Crippen molar-refractivity contribution >= 4 is 17.5 Å². The zero-order valence-electron chi connectivity index (χ0n) is 15.4. The molecule has 9 heteroatoms. The molecule has 0 aliphatic heterocycles. The largest absolute Gasteiger partial charge is 0.480 e. The molecule has 0 saturated carbocycles. The molecule has 0 fully saturated rings. The number of nitrogens with zero attached hydrogens (tertiary/aromatic N) is 2. The summed E-state index contributed by atoms with van der Waals surface area (Å²) >= 11 is 0. The Morgan fingerprint density at radius 2 is 1.72 bits per heavy atom. The van der Waals surface area contributed by atoms with Crippen molar-refractivity contribution < 1.29 is 27.4 Å². The van der Waals surface area contributed by atoms with E-state index in [1.54, 1.807) is 24.3 Å². The Balaban J connectivity index is 2.05. The lowest BCUT2D eigenvalue weighted by molar-refractivity contribution is -0.137. The molecule has 1 N–H and O–H groups in total. The molecule has 0 atom stereocenters. The van der Waals surface area contributed by atoms with Crippen LogP contribution in [0.15, 0.2) is 54.7 Å². The summed E-state index contributed by atoms with van der Waals surface area (Å²) in [6.45, 7) is 0. The number of anilines is 2. The van der Waals surface area contributed by atoms with Crippen LogP contribution in [0.3, 0.4) is 0 Å². The van der Waals surface area contributed by atoms with E-state index in [1.807, 2.05) is 0 Å². The van der Waals surface area contributed by atoms with Crippen LogP contribution in [-0.2, 0) is 10.9 Å². The highest BCUT2D eigenvalue weighted by atomic mass is 19.4. The van der Waals surface area contributed by atoms with Crippen molar-refractivity contribution in [2.75, 3.05) is 19.5 Å². The molecule has 0 amide bonds. The molecule has 150 valence electrons. The zero-order valence-corrected chi connectivity index (χ0v) is 15.4. The Hall–Kier alpha value is -3.62. The van der Waals surface area contributed by atoms with Gasteiger partial charge in [-0.2, -0.15) is 18.2 Å². The van der Waals surface area contributed by atoms with E-state index in [4.69, 9.17) is 9.47 Å². The van der Waals surface area contributed by atoms with Crippen LogP contribution in [-0.4, -0.2) is 30.2 Å². The van der Waals surface area contributed by atoms with Crippen LogP contribution in [0.2, 0.25) is 0 Å². The Labute approximate surface area is 164 Å². The van der Waals surface area contributed by atoms with Gasteiger partial charge in [0.05, 0.1) is 31.5 Å². The van der Waals surface area contributed by atoms with E-state index in [1.165, 1.54) is 32.5 Å². The number of hydrogen-bond acceptors (Lipinski definition) is 6. The molecule has 3 rings (SSSR count). The van der Waals surface area contributed by atoms with Crippen LogP contribution in [0.1, 0.15) is 15.9 Å². The van der Waals surface area contributed by atoms with Crippen molar-refractivity contribution in [2.24, 2.45) is 0 Å². The third-order valence-electron chi connectivity index (χ3n) is 4.02. The second-order valence-electron chi connectivity index (χ2n) is 5.85. The number of aromatic nitrogens is 2. The maximum Gasteiger partial charge on any atom is 0.416 e. The van der Waals surface area contributed by atoms with Crippen LogP contribution >= 0.6 is 0 Å². The molecule has 0 bridgehead atoms. The van der Waals surface area contributed by atoms with E-state index >= 15 is 0 Å². The van der Waals surface area contributed by atoms with Crippen molar-refractivity contribution in [3.63, 3.8) is 0 Å². The highest BCUT2D eigenvalue weighted by Crippen LogP contribution is 2.33. The van der Waals surface area contributed by atoms with Crippen molar-refractivity contribution in [2.45, 2.75) is 6.18 Å². The first-order valence-corrected chi connectivity index (χ1v) is 8.36. The Morgan fingerprint density at radius 3 is 2.34 bits per heavy atom. The van der Waals surface area contributed by atoms with Crippen LogP contribution < -0.4 is 10.1 Å². The summed E-state index contributed by atoms with van der Waals surface area (Å²) in [5, 5.41) is 2.94. The van der Waals surface area contributed by atoms with Gasteiger partial charge in [-0.1, -0.05) is 18.2 Å². The number of halogens is 3. The normalized spacial score (nSPS) is 11.1. The lowest BCUT2D eigenvalue weighted by Gasteiger charge is -2.14. The summed E-state index contributed by atoms with van der Waals surface area (Å²) in [6.07, 6.45) is -3.06. The van der Waals surface area contributed by atoms with Crippen molar-refractivity contribution in [1.82, 2.24) is 9.97 Å². The van der Waals surface area contributed by atoms with Crippen molar-refractivity contribution in [1.29, 1.82) is 0 Å². The standard InChI is InChI=1S/C20H16F3N3O3/c1-28-16-11-24-17(14-5-3-4-6-15(14)19(27)29-2)18(26-16)25-13-9-7-12(8-10-13)20(21,22)23/h3-11H,1-2H3,(H,25,26). The molecule has 0 saturated heterocycles. The summed E-state index contributed by atoms with van der Waals surface area (Å²) in [5.41, 5.74) is 0.619. The number of ether oxygens (including phenoxy) is 2. The van der Waals surface area contributed by atoms with Gasteiger partial charge in [0.2, 0.25) is 5.88 Å². The first-order chi connectivity index (χ1) is 13.8. The van der Waals surface area contributed by atoms with Crippen LogP contribution in [0.4, 0.5) is 24.7 Å². The Kier molecular flexibility index (Phi) is 5.67. The molecule has 0 aliphatic rings. The molecule has 2 aromatic carbocycles. The fourth-order valence-corrected chi connectivity index (χ4v) is 2.61. The maximum atomic E-state index is 12.8. The number of esters is 1. The topological polar surface area (TPSA) is 73.3 Å². The summed E-state index contributed by atoms with van der Waals surface area (Å²) in [7, 11) is 2.67. The second-order valence-corrected chi connectivity index (χ2v) is 5.85. The average molecular weight is 403 g/mol. The predicted molar refractivity (Wildman–Crippen MR) is 100 cm³/mol. The van der Waals surface area contributed by atoms with E-state index in [0.717, 1.165) is 12.1 Å². The van der Waals surface area contributed by atoms with Crippen LogP contribution in [0, 0.1) is 0 Å². The van der Waals surface area contributed by atoms with Gasteiger partial charge >= 0.3 is 12.1 Å². The Bertz CT molecular complexity index is 1020. The molecular weight excluding hydrogens is 387 g/mol. The molecular formula is C20H16F3N3O3. The third kappa shape index (κ3) is 4.45. The van der Waals surface area contributed by atoms with Crippen molar-refractivity contribution in [3.05, 3.63) is 65.9 Å². The molecule has 1 heterocycles. The number of alkyl halides is 3. The maximum absolute atomic E-state index is 12.8. The highest BCUT2D eigenvalue weighted by Gasteiger charge is 2.30. The first-order valence-electron chi connectivity index (χ1n) is 8.36. The van der Waals surface area contributed by atoms with Gasteiger partial charge in [-0.25, -0.2) is 9.78 Å². The van der Waals surface area contributed by atoms with E-state index in [-0.39, 0.29) is 17.3 Å². The van der Waals surface area contributed by atoms with Gasteiger partial charge in [0, 0.05) is 11.3 Å². The molecule has 0 radical (unpaired) electrons. The van der Waals surface area contributed by atoms with Gasteiger partial charge in [-0.3, -0.25) is 0 Å². The molecule has 0 aliphatic carbocycles. The lowest BCUT2D eigenvalue weighted by Crippen LogP contribution is -2.07. The van der Waals surface area contributed by atoms with Gasteiger partial charge < -0.3 is 14.8 Å². The summed E-state index contributed by atoms with van der Waals surface area (Å²) in [4.78, 5) is 20.7. The van der Waals surface area contributed by atoms with Gasteiger partial charge in [0.1, 0.15) is 5.69 Å². The van der Waals surface area contributed by atoms with Gasteiger partial charge in [-0.05, 0) is 30.3 Å². The molecule has 1 aromatic heterocycles. The quantitative estimate of drug-likeness (QED) is 0.623. The predicted octanol–water partition coefficient (Wildman–Crippen LogP) is 4.70. The Morgan fingerprint density at radius 1 is 1.03 bits per heavy atom. The third-order valence-corrected chi connectivity index (χ3v) is 4.02. The number of rotatable bonds is 5. The lowest BCUT2D eigenvalue weighted by atomic mass is 10.0. The van der Waals surface area contributed by atoms with Crippen LogP contribution in [0.25, 0.3) is 11.3 Å². The number of methoxy groups -OCH3 is 2. The number of hydrogen-bond donors (Lipinski definition) is 1. The van der Waals surface area contributed by atoms with Gasteiger partial charge in [0.25, 0.3) is 0 Å². The summed E-state index contributed by atoms with van der Waals surface area (Å²) in [6, 6.07) is 11.1. The molecule has 6 nitrogen and oxygen atoms in total. The molecule has 0 spiro atoms. The minimum atomic E-state index is -4.43. The monoisotopic (exact) mass is 403 g/mol. The second kappa shape index (κ2) is 8.17. The number of carbonyl (C=O) groups excluding carboxylic acids is 1. The van der Waals surface area contributed by atoms with Gasteiger partial charge in [0.15, 0.2) is 5.82 Å². The molecule has 29 heavy (non-hydrogen) atoms. The van der Waals surface area contributed by atoms with E-state index < -0.39 is 17.7 Å². The highest BCUT2D eigenvalue weighted by molar-refractivity contribution is 5.98. The minimum absolute atomic E-state index is 0.193. The fourth-order valence-electron chi connectivity index (χ4n) is 2.61. The fraction of sp³-hybridized carbons (Fsp3) is 0.150. The molecule has 3 aromatic rings. The average Bonchev–Trinajstić information content (AvgIpc) is 2.73. The number of nitrogens with one attached hydrogen (secondary N) is 1. The number of benzene rings is 2. The van der Waals surface area contributed by atoms with E-state index in [0.29, 0.717) is 16.9 Å². The summed E-state index contributed by atoms with van der Waals surface area (Å²) < 4.78 is 48.2. The smallest absolute Gasteiger partial charge is 0.416 e. The van der Waals surface area contributed by atoms with Crippen molar-refractivity contribution in [3.8, 4) is 17.1 Å². The summed E-state index contributed by atoms with van der Waals surface area (Å²) in [5.74, 6) is -0.155. The zero-order chi connectivity index (χ0) is 21.0. The molecule has 0 unspecified atom stereocenters. The van der Waals surface area contributed by atoms with Crippen LogP contribution in [0.5, 0.6) is 5.88 Å². The number of carbonyl (C=O) groups is 1. The van der Waals surface area contributed by atoms with E-state index in [9.17, 15) is 18.0 Å².